The van der Waals surface area contributed by atoms with Crippen molar-refractivity contribution in [2.75, 3.05) is 0 Å². The molecule has 0 heterocycles. The summed E-state index contributed by atoms with van der Waals surface area (Å²) in [7, 11) is 0. The Bertz CT molecular complexity index is 624. The summed E-state index contributed by atoms with van der Waals surface area (Å²) in [6.45, 7) is 5.00. The van der Waals surface area contributed by atoms with Crippen molar-refractivity contribution in [2.45, 2.75) is 141 Å². The molecule has 2 nitrogen and oxygen atoms in total. The first-order chi connectivity index (χ1) is 14.8. The zero-order chi connectivity index (χ0) is 21.7. The van der Waals surface area contributed by atoms with Gasteiger partial charge in [-0.05, 0) is 98.7 Å². The van der Waals surface area contributed by atoms with E-state index in [0.29, 0.717) is 35.0 Å². The molecule has 0 aromatic rings. The lowest BCUT2D eigenvalue weighted by atomic mass is 9.48. The number of hydrogen-bond donors (Lipinski definition) is 2. The lowest BCUT2D eigenvalue weighted by molar-refractivity contribution is -0.220. The summed E-state index contributed by atoms with van der Waals surface area (Å²) < 4.78 is 0. The zero-order valence-corrected chi connectivity index (χ0v) is 20.6. The number of fused-ring (bicyclic) bond motifs is 1. The monoisotopic (exact) mass is 430 g/mol. The molecule has 0 aliphatic heterocycles. The number of rotatable bonds is 1. The van der Waals surface area contributed by atoms with Gasteiger partial charge in [0.25, 0.3) is 0 Å². The molecule has 0 spiro atoms. The second-order valence-electron chi connectivity index (χ2n) is 13.5. The van der Waals surface area contributed by atoms with Crippen LogP contribution in [0.25, 0.3) is 0 Å². The van der Waals surface area contributed by atoms with E-state index < -0.39 is 11.2 Å². The summed E-state index contributed by atoms with van der Waals surface area (Å²) in [6.07, 6.45) is 22.8. The van der Waals surface area contributed by atoms with Crippen LogP contribution in [0.1, 0.15) is 129 Å². The van der Waals surface area contributed by atoms with E-state index in [1.54, 1.807) is 0 Å². The minimum Gasteiger partial charge on any atom is -0.390 e. The molecule has 8 atom stereocenters. The quantitative estimate of drug-likeness (QED) is 0.459. The lowest BCUT2D eigenvalue weighted by Crippen LogP contribution is -2.62. The average molecular weight is 431 g/mol. The molecule has 6 saturated carbocycles. The van der Waals surface area contributed by atoms with Crippen LogP contribution in [0.3, 0.4) is 0 Å². The van der Waals surface area contributed by atoms with Crippen molar-refractivity contribution >= 4 is 0 Å². The zero-order valence-electron chi connectivity index (χ0n) is 20.6. The van der Waals surface area contributed by atoms with Gasteiger partial charge in [0.1, 0.15) is 0 Å². The van der Waals surface area contributed by atoms with Crippen LogP contribution < -0.4 is 0 Å². The maximum atomic E-state index is 12.2. The largest absolute Gasteiger partial charge is 0.390 e. The molecule has 0 radical (unpaired) electrons. The van der Waals surface area contributed by atoms with E-state index in [1.807, 2.05) is 0 Å². The van der Waals surface area contributed by atoms with E-state index in [2.05, 4.69) is 13.8 Å². The first-order valence-corrected chi connectivity index (χ1v) is 14.3. The van der Waals surface area contributed by atoms with Gasteiger partial charge in [-0.15, -0.1) is 0 Å². The third-order valence-electron chi connectivity index (χ3n) is 11.6. The molecule has 0 aromatic heterocycles. The SMILES string of the molecule is CC1CCC[C@H]2C1C1(O)CCC2(O)CC2CCCC(C)(C3CCCCCCC3)CC2C1. The highest BCUT2D eigenvalue weighted by molar-refractivity contribution is 5.11. The number of aliphatic hydroxyl groups is 2. The Kier molecular flexibility index (Phi) is 6.30. The highest BCUT2D eigenvalue weighted by atomic mass is 16.3. The summed E-state index contributed by atoms with van der Waals surface area (Å²) in [4.78, 5) is 0. The second kappa shape index (κ2) is 8.61. The van der Waals surface area contributed by atoms with E-state index in [1.165, 1.54) is 83.5 Å². The molecule has 6 aliphatic carbocycles. The molecular formula is C29H50O2. The molecule has 0 aromatic carbocycles. The van der Waals surface area contributed by atoms with E-state index in [-0.39, 0.29) is 0 Å². The molecule has 0 amide bonds. The van der Waals surface area contributed by atoms with Crippen molar-refractivity contribution in [1.29, 1.82) is 0 Å². The van der Waals surface area contributed by atoms with Crippen molar-refractivity contribution < 1.29 is 10.2 Å². The Hall–Kier alpha value is -0.0800. The van der Waals surface area contributed by atoms with Gasteiger partial charge < -0.3 is 10.2 Å². The molecule has 6 rings (SSSR count). The smallest absolute Gasteiger partial charge is 0.0685 e. The maximum absolute atomic E-state index is 12.2. The fourth-order valence-electron chi connectivity index (χ4n) is 10.0. The average Bonchev–Trinajstić information content (AvgIpc) is 2.83. The van der Waals surface area contributed by atoms with Crippen LogP contribution in [-0.4, -0.2) is 21.4 Å². The van der Waals surface area contributed by atoms with Gasteiger partial charge in [-0.1, -0.05) is 71.6 Å². The Morgan fingerprint density at radius 1 is 0.613 bits per heavy atom. The molecule has 178 valence electrons. The van der Waals surface area contributed by atoms with Crippen LogP contribution in [0.4, 0.5) is 0 Å². The summed E-state index contributed by atoms with van der Waals surface area (Å²) >= 11 is 0. The van der Waals surface area contributed by atoms with Crippen LogP contribution in [0.15, 0.2) is 0 Å². The molecule has 0 saturated heterocycles. The molecule has 6 aliphatic rings. The standard InChI is InChI=1S/C29H50O2/c1-21-10-8-14-25-26(21)29(31)17-16-28(25,30)19-22-11-9-15-27(2,18-23(22)20-29)24-12-6-4-3-5-7-13-24/h21-26,30-31H,3-20H2,1-2H3/t21?,22?,23?,25-,26?,27?,28?,29?/m0/s1. The highest BCUT2D eigenvalue weighted by Crippen LogP contribution is 2.61. The van der Waals surface area contributed by atoms with Gasteiger partial charge in [0.05, 0.1) is 11.2 Å². The molecule has 7 unspecified atom stereocenters. The van der Waals surface area contributed by atoms with Gasteiger partial charge in [-0.25, -0.2) is 0 Å². The summed E-state index contributed by atoms with van der Waals surface area (Å²) in [5, 5.41) is 24.2. The van der Waals surface area contributed by atoms with Gasteiger partial charge >= 0.3 is 0 Å². The Labute approximate surface area is 192 Å². The molecule has 31 heavy (non-hydrogen) atoms. The fraction of sp³-hybridized carbons (Fsp3) is 1.00. The van der Waals surface area contributed by atoms with Crippen molar-refractivity contribution in [3.05, 3.63) is 0 Å². The minimum absolute atomic E-state index is 0.330. The molecule has 6 fully saturated rings. The van der Waals surface area contributed by atoms with Crippen LogP contribution in [-0.2, 0) is 0 Å². The van der Waals surface area contributed by atoms with Gasteiger partial charge in [-0.2, -0.15) is 0 Å². The minimum atomic E-state index is -0.522. The molecular weight excluding hydrogens is 380 g/mol. The van der Waals surface area contributed by atoms with Crippen LogP contribution >= 0.6 is 0 Å². The van der Waals surface area contributed by atoms with Crippen molar-refractivity contribution in [1.82, 2.24) is 0 Å². The first kappa shape index (κ1) is 22.7. The first-order valence-electron chi connectivity index (χ1n) is 14.3. The van der Waals surface area contributed by atoms with Crippen LogP contribution in [0, 0.1) is 40.9 Å². The van der Waals surface area contributed by atoms with Crippen LogP contribution in [0.5, 0.6) is 0 Å². The van der Waals surface area contributed by atoms with Crippen LogP contribution in [0.2, 0.25) is 0 Å². The molecule has 2 bridgehead atoms. The fourth-order valence-corrected chi connectivity index (χ4v) is 10.0. The van der Waals surface area contributed by atoms with E-state index in [9.17, 15) is 10.2 Å². The predicted molar refractivity (Wildman–Crippen MR) is 128 cm³/mol. The Morgan fingerprint density at radius 3 is 2.06 bits per heavy atom. The molecule has 2 heteroatoms. The van der Waals surface area contributed by atoms with E-state index in [4.69, 9.17) is 0 Å². The van der Waals surface area contributed by atoms with Gasteiger partial charge in [0.15, 0.2) is 0 Å². The molecule has 2 N–H and O–H groups in total. The van der Waals surface area contributed by atoms with Crippen molar-refractivity contribution in [2.24, 2.45) is 40.9 Å². The second-order valence-corrected chi connectivity index (χ2v) is 13.5. The van der Waals surface area contributed by atoms with E-state index in [0.717, 1.165) is 38.0 Å². The summed E-state index contributed by atoms with van der Waals surface area (Å²) in [5.41, 5.74) is -0.575. The number of hydrogen-bond acceptors (Lipinski definition) is 2. The summed E-state index contributed by atoms with van der Waals surface area (Å²) in [5.74, 6) is 3.37. The third-order valence-corrected chi connectivity index (χ3v) is 11.6. The third kappa shape index (κ3) is 4.16. The Morgan fingerprint density at radius 2 is 1.29 bits per heavy atom. The van der Waals surface area contributed by atoms with Crippen molar-refractivity contribution in [3.8, 4) is 0 Å². The van der Waals surface area contributed by atoms with Gasteiger partial charge in [-0.3, -0.25) is 0 Å². The van der Waals surface area contributed by atoms with Gasteiger partial charge in [0, 0.05) is 0 Å². The lowest BCUT2D eigenvalue weighted by Gasteiger charge is -2.60. The summed E-state index contributed by atoms with van der Waals surface area (Å²) in [6, 6.07) is 0. The predicted octanol–water partition coefficient (Wildman–Crippen LogP) is 7.26. The highest BCUT2D eigenvalue weighted by Gasteiger charge is 2.60. The van der Waals surface area contributed by atoms with Crippen molar-refractivity contribution in [3.63, 3.8) is 0 Å². The topological polar surface area (TPSA) is 40.5 Å². The van der Waals surface area contributed by atoms with Gasteiger partial charge in [0.2, 0.25) is 0 Å². The normalized spacial score (nSPS) is 52.1. The van der Waals surface area contributed by atoms with E-state index >= 15 is 0 Å². The Balaban J connectivity index is 1.43. The maximum Gasteiger partial charge on any atom is 0.0685 e.